The zero-order valence-electron chi connectivity index (χ0n) is 10.2. The van der Waals surface area contributed by atoms with Gasteiger partial charge in [0.1, 0.15) is 5.54 Å². The summed E-state index contributed by atoms with van der Waals surface area (Å²) in [6.07, 6.45) is 0.573. The molecular weight excluding hydrogens is 216 g/mol. The molecule has 2 rings (SSSR count). The Balaban J connectivity index is 2.13. The Bertz CT molecular complexity index is 437. The van der Waals surface area contributed by atoms with Gasteiger partial charge in [0.2, 0.25) is 5.91 Å². The van der Waals surface area contributed by atoms with Crippen molar-refractivity contribution in [3.8, 4) is 0 Å². The van der Waals surface area contributed by atoms with Crippen LogP contribution in [0.2, 0.25) is 0 Å². The first-order chi connectivity index (χ1) is 8.01. The highest BCUT2D eigenvalue weighted by Gasteiger charge is 2.38. The predicted octanol–water partition coefficient (Wildman–Crippen LogP) is 1.36. The van der Waals surface area contributed by atoms with Crippen LogP contribution in [0, 0.1) is 13.8 Å². The van der Waals surface area contributed by atoms with E-state index in [-0.39, 0.29) is 5.91 Å². The molecule has 0 spiro atoms. The molecule has 1 saturated heterocycles. The first-order valence-electron chi connectivity index (χ1n) is 5.77. The Morgan fingerprint density at radius 3 is 2.82 bits per heavy atom. The molecule has 1 fully saturated rings. The maximum Gasteiger partial charge on any atom is 0.246 e. The summed E-state index contributed by atoms with van der Waals surface area (Å²) < 4.78 is 5.18. The van der Waals surface area contributed by atoms with Crippen molar-refractivity contribution in [2.45, 2.75) is 25.8 Å². The van der Waals surface area contributed by atoms with Crippen molar-refractivity contribution < 1.29 is 9.53 Å². The number of amides is 1. The van der Waals surface area contributed by atoms with E-state index in [9.17, 15) is 4.79 Å². The summed E-state index contributed by atoms with van der Waals surface area (Å²) in [6.45, 7) is 4.84. The minimum absolute atomic E-state index is 0.165. The molecule has 1 aliphatic rings. The Kier molecular flexibility index (Phi) is 3.17. The van der Waals surface area contributed by atoms with E-state index in [0.717, 1.165) is 11.3 Å². The first kappa shape index (κ1) is 12.1. The van der Waals surface area contributed by atoms with Gasteiger partial charge >= 0.3 is 0 Å². The smallest absolute Gasteiger partial charge is 0.246 e. The molecule has 4 nitrogen and oxygen atoms in total. The van der Waals surface area contributed by atoms with Crippen molar-refractivity contribution in [1.82, 2.24) is 0 Å². The van der Waals surface area contributed by atoms with Gasteiger partial charge in [-0.25, -0.2) is 0 Å². The molecule has 0 saturated carbocycles. The van der Waals surface area contributed by atoms with E-state index < -0.39 is 5.54 Å². The van der Waals surface area contributed by atoms with Gasteiger partial charge in [-0.05, 0) is 31.9 Å². The monoisotopic (exact) mass is 234 g/mol. The fourth-order valence-corrected chi connectivity index (χ4v) is 1.96. The number of hydrogen-bond acceptors (Lipinski definition) is 3. The average Bonchev–Trinajstić information content (AvgIpc) is 2.71. The van der Waals surface area contributed by atoms with Gasteiger partial charge in [0.15, 0.2) is 0 Å². The van der Waals surface area contributed by atoms with Crippen LogP contribution in [0.1, 0.15) is 17.5 Å². The maximum atomic E-state index is 12.1. The number of carbonyl (C=O) groups excluding carboxylic acids is 1. The number of rotatable bonds is 2. The molecule has 3 N–H and O–H groups in total. The second-order valence-corrected chi connectivity index (χ2v) is 4.73. The molecule has 1 aromatic rings. The zero-order chi connectivity index (χ0) is 12.5. The standard InChI is InChI=1S/C13H18N2O2/c1-9-3-4-11(10(2)7-9)15-12(16)13(14)5-6-17-8-13/h3-4,7H,5-6,8,14H2,1-2H3,(H,15,16). The highest BCUT2D eigenvalue weighted by molar-refractivity contribution is 5.98. The Hall–Kier alpha value is -1.39. The SMILES string of the molecule is Cc1ccc(NC(=O)C2(N)CCOC2)c(C)c1. The summed E-state index contributed by atoms with van der Waals surface area (Å²) in [5.74, 6) is -0.165. The molecule has 1 aliphatic heterocycles. The van der Waals surface area contributed by atoms with Crippen LogP contribution < -0.4 is 11.1 Å². The summed E-state index contributed by atoms with van der Waals surface area (Å²) >= 11 is 0. The van der Waals surface area contributed by atoms with E-state index in [1.807, 2.05) is 32.0 Å². The Morgan fingerprint density at radius 2 is 2.24 bits per heavy atom. The van der Waals surface area contributed by atoms with Crippen molar-refractivity contribution in [3.05, 3.63) is 29.3 Å². The number of nitrogens with one attached hydrogen (secondary N) is 1. The van der Waals surface area contributed by atoms with Crippen molar-refractivity contribution in [2.24, 2.45) is 5.73 Å². The number of ether oxygens (including phenoxy) is 1. The van der Waals surface area contributed by atoms with Crippen LogP contribution in [0.25, 0.3) is 0 Å². The molecule has 1 heterocycles. The second kappa shape index (κ2) is 4.47. The lowest BCUT2D eigenvalue weighted by atomic mass is 9.99. The van der Waals surface area contributed by atoms with Crippen molar-refractivity contribution >= 4 is 11.6 Å². The fourth-order valence-electron chi connectivity index (χ4n) is 1.96. The van der Waals surface area contributed by atoms with Crippen LogP contribution in [0.3, 0.4) is 0 Å². The summed E-state index contributed by atoms with van der Waals surface area (Å²) in [7, 11) is 0. The van der Waals surface area contributed by atoms with Gasteiger partial charge in [-0.3, -0.25) is 4.79 Å². The molecule has 1 aromatic carbocycles. The van der Waals surface area contributed by atoms with E-state index in [2.05, 4.69) is 5.32 Å². The lowest BCUT2D eigenvalue weighted by Gasteiger charge is -2.21. The van der Waals surface area contributed by atoms with E-state index in [1.165, 1.54) is 5.56 Å². The molecule has 92 valence electrons. The minimum Gasteiger partial charge on any atom is -0.379 e. The van der Waals surface area contributed by atoms with Crippen molar-refractivity contribution in [2.75, 3.05) is 18.5 Å². The van der Waals surface area contributed by atoms with Crippen LogP contribution in [0.4, 0.5) is 5.69 Å². The summed E-state index contributed by atoms with van der Waals surface area (Å²) in [6, 6.07) is 5.91. The van der Waals surface area contributed by atoms with Gasteiger partial charge in [-0.15, -0.1) is 0 Å². The van der Waals surface area contributed by atoms with E-state index in [4.69, 9.17) is 10.5 Å². The second-order valence-electron chi connectivity index (χ2n) is 4.73. The molecule has 1 amide bonds. The number of hydrogen-bond donors (Lipinski definition) is 2. The van der Waals surface area contributed by atoms with Crippen molar-refractivity contribution in [1.29, 1.82) is 0 Å². The van der Waals surface area contributed by atoms with Crippen LogP contribution in [0.15, 0.2) is 18.2 Å². The van der Waals surface area contributed by atoms with E-state index in [1.54, 1.807) is 0 Å². The fraction of sp³-hybridized carbons (Fsp3) is 0.462. The van der Waals surface area contributed by atoms with Gasteiger partial charge in [-0.1, -0.05) is 17.7 Å². The third-order valence-electron chi connectivity index (χ3n) is 3.13. The lowest BCUT2D eigenvalue weighted by Crippen LogP contribution is -2.51. The lowest BCUT2D eigenvalue weighted by molar-refractivity contribution is -0.121. The van der Waals surface area contributed by atoms with E-state index in [0.29, 0.717) is 19.6 Å². The van der Waals surface area contributed by atoms with E-state index >= 15 is 0 Å². The summed E-state index contributed by atoms with van der Waals surface area (Å²) in [4.78, 5) is 12.1. The number of aryl methyl sites for hydroxylation is 2. The minimum atomic E-state index is -0.878. The van der Waals surface area contributed by atoms with Gasteiger partial charge in [0.05, 0.1) is 6.61 Å². The Morgan fingerprint density at radius 1 is 1.47 bits per heavy atom. The summed E-state index contributed by atoms with van der Waals surface area (Å²) in [5, 5.41) is 2.88. The van der Waals surface area contributed by atoms with Crippen LogP contribution in [0.5, 0.6) is 0 Å². The molecular formula is C13H18N2O2. The number of carbonyl (C=O) groups is 1. The van der Waals surface area contributed by atoms with Gasteiger partial charge in [0, 0.05) is 12.3 Å². The highest BCUT2D eigenvalue weighted by Crippen LogP contribution is 2.21. The first-order valence-corrected chi connectivity index (χ1v) is 5.77. The van der Waals surface area contributed by atoms with Crippen LogP contribution in [-0.4, -0.2) is 24.7 Å². The number of anilines is 1. The number of nitrogens with two attached hydrogens (primary N) is 1. The van der Waals surface area contributed by atoms with Gasteiger partial charge in [0.25, 0.3) is 0 Å². The third-order valence-corrected chi connectivity index (χ3v) is 3.13. The maximum absolute atomic E-state index is 12.1. The third kappa shape index (κ3) is 2.48. The zero-order valence-corrected chi connectivity index (χ0v) is 10.2. The van der Waals surface area contributed by atoms with Crippen LogP contribution >= 0.6 is 0 Å². The molecule has 0 aromatic heterocycles. The van der Waals surface area contributed by atoms with Gasteiger partial charge < -0.3 is 15.8 Å². The summed E-state index contributed by atoms with van der Waals surface area (Å²) in [5.41, 5.74) is 8.15. The van der Waals surface area contributed by atoms with Crippen molar-refractivity contribution in [3.63, 3.8) is 0 Å². The topological polar surface area (TPSA) is 64.4 Å². The van der Waals surface area contributed by atoms with Gasteiger partial charge in [-0.2, -0.15) is 0 Å². The molecule has 1 unspecified atom stereocenters. The molecule has 17 heavy (non-hydrogen) atoms. The highest BCUT2D eigenvalue weighted by atomic mass is 16.5. The molecule has 1 atom stereocenters. The average molecular weight is 234 g/mol. The molecule has 4 heteroatoms. The number of benzene rings is 1. The molecule has 0 radical (unpaired) electrons. The molecule has 0 bridgehead atoms. The largest absolute Gasteiger partial charge is 0.379 e. The predicted molar refractivity (Wildman–Crippen MR) is 66.9 cm³/mol. The quantitative estimate of drug-likeness (QED) is 0.812. The Labute approximate surface area is 101 Å². The van der Waals surface area contributed by atoms with Crippen LogP contribution in [-0.2, 0) is 9.53 Å². The normalized spacial score (nSPS) is 23.7. The molecule has 0 aliphatic carbocycles.